The third kappa shape index (κ3) is 4.67. The van der Waals surface area contributed by atoms with Gasteiger partial charge in [0.25, 0.3) is 0 Å². The number of carbonyl (C=O) groups excluding carboxylic acids is 1. The molecule has 0 amide bonds. The summed E-state index contributed by atoms with van der Waals surface area (Å²) in [6, 6.07) is 3.73. The Hall–Kier alpha value is -0.780. The number of nitrogens with one attached hydrogen (secondary N) is 1. The molecule has 0 bridgehead atoms. The van der Waals surface area contributed by atoms with Crippen LogP contribution in [0.15, 0.2) is 23.4 Å². The molecule has 0 radical (unpaired) electrons. The van der Waals surface area contributed by atoms with Crippen LogP contribution >= 0.6 is 23.4 Å². The van der Waals surface area contributed by atoms with Crippen molar-refractivity contribution in [1.29, 1.82) is 0 Å². The molecule has 0 aliphatic heterocycles. The van der Waals surface area contributed by atoms with E-state index in [9.17, 15) is 4.79 Å². The first-order valence-electron chi connectivity index (χ1n) is 5.98. The molecular weight excluding hydrogens is 284 g/mol. The van der Waals surface area contributed by atoms with Gasteiger partial charge in [0, 0.05) is 18.0 Å². The topological polar surface area (TPSA) is 51.2 Å². The largest absolute Gasteiger partial charge is 0.468 e. The molecule has 0 saturated heterocycles. The van der Waals surface area contributed by atoms with Gasteiger partial charge >= 0.3 is 5.97 Å². The van der Waals surface area contributed by atoms with E-state index >= 15 is 0 Å². The van der Waals surface area contributed by atoms with Gasteiger partial charge in [-0.25, -0.2) is 4.98 Å². The predicted octanol–water partition coefficient (Wildman–Crippen LogP) is 2.76. The lowest BCUT2D eigenvalue weighted by atomic mass is 10.0. The van der Waals surface area contributed by atoms with Gasteiger partial charge in [0.05, 0.1) is 12.1 Å². The molecule has 1 unspecified atom stereocenters. The van der Waals surface area contributed by atoms with E-state index in [4.69, 9.17) is 16.3 Å². The molecule has 0 saturated carbocycles. The first-order valence-corrected chi connectivity index (χ1v) is 7.35. The van der Waals surface area contributed by atoms with Crippen molar-refractivity contribution < 1.29 is 9.53 Å². The second-order valence-corrected chi connectivity index (χ2v) is 6.07. The third-order valence-electron chi connectivity index (χ3n) is 2.47. The van der Waals surface area contributed by atoms with Gasteiger partial charge in [0.15, 0.2) is 0 Å². The van der Waals surface area contributed by atoms with Crippen molar-refractivity contribution in [3.63, 3.8) is 0 Å². The molecule has 1 aromatic heterocycles. The number of halogens is 1. The summed E-state index contributed by atoms with van der Waals surface area (Å²) in [7, 11) is 1.39. The van der Waals surface area contributed by atoms with E-state index in [1.807, 2.05) is 20.8 Å². The molecule has 1 N–H and O–H groups in total. The molecule has 1 atom stereocenters. The number of pyridine rings is 1. The highest BCUT2D eigenvalue weighted by molar-refractivity contribution is 7.99. The fraction of sp³-hybridized carbons (Fsp3) is 0.538. The Morgan fingerprint density at radius 1 is 1.63 bits per heavy atom. The molecular formula is C13H19ClN2O2S. The maximum atomic E-state index is 11.9. The number of esters is 1. The van der Waals surface area contributed by atoms with Gasteiger partial charge in [-0.15, -0.1) is 11.8 Å². The average molecular weight is 303 g/mol. The van der Waals surface area contributed by atoms with Crippen LogP contribution in [0, 0.1) is 0 Å². The van der Waals surface area contributed by atoms with Crippen molar-refractivity contribution >= 4 is 29.3 Å². The highest BCUT2D eigenvalue weighted by Crippen LogP contribution is 2.27. The highest BCUT2D eigenvalue weighted by atomic mass is 35.5. The van der Waals surface area contributed by atoms with Crippen LogP contribution in [0.1, 0.15) is 20.8 Å². The summed E-state index contributed by atoms with van der Waals surface area (Å²) in [6.07, 6.45) is 1.68. The number of ether oxygens (including phenoxy) is 1. The Balaban J connectivity index is 2.79. The first-order chi connectivity index (χ1) is 8.89. The Kier molecular flexibility index (Phi) is 6.10. The second-order valence-electron chi connectivity index (χ2n) is 4.70. The van der Waals surface area contributed by atoms with Gasteiger partial charge in [-0.3, -0.25) is 10.1 Å². The summed E-state index contributed by atoms with van der Waals surface area (Å²) in [5.74, 6) is 0.204. The molecule has 0 fully saturated rings. The molecule has 0 spiro atoms. The minimum Gasteiger partial charge on any atom is -0.468 e. The van der Waals surface area contributed by atoms with Gasteiger partial charge in [0.1, 0.15) is 10.6 Å². The maximum absolute atomic E-state index is 11.9. The van der Waals surface area contributed by atoms with Gasteiger partial charge in [-0.1, -0.05) is 11.6 Å². The SMILES string of the molecule is COC(=O)C(C)(CSc1ncccc1Cl)NC(C)C. The number of carbonyl (C=O) groups is 1. The van der Waals surface area contributed by atoms with E-state index in [2.05, 4.69) is 10.3 Å². The molecule has 1 rings (SSSR count). The molecule has 0 aliphatic carbocycles. The fourth-order valence-electron chi connectivity index (χ4n) is 1.71. The van der Waals surface area contributed by atoms with E-state index in [1.54, 1.807) is 18.3 Å². The van der Waals surface area contributed by atoms with Crippen LogP contribution in [0.4, 0.5) is 0 Å². The van der Waals surface area contributed by atoms with Gasteiger partial charge in [-0.2, -0.15) is 0 Å². The normalized spacial score (nSPS) is 14.2. The van der Waals surface area contributed by atoms with Gasteiger partial charge in [-0.05, 0) is 32.9 Å². The van der Waals surface area contributed by atoms with Crippen LogP contribution in [0.25, 0.3) is 0 Å². The smallest absolute Gasteiger partial charge is 0.326 e. The Morgan fingerprint density at radius 3 is 2.84 bits per heavy atom. The molecule has 6 heteroatoms. The fourth-order valence-corrected chi connectivity index (χ4v) is 2.97. The quantitative estimate of drug-likeness (QED) is 0.647. The summed E-state index contributed by atoms with van der Waals surface area (Å²) >= 11 is 7.49. The number of hydrogen-bond donors (Lipinski definition) is 1. The number of nitrogens with zero attached hydrogens (tertiary/aromatic N) is 1. The molecule has 4 nitrogen and oxygen atoms in total. The van der Waals surface area contributed by atoms with Crippen LogP contribution in [0.2, 0.25) is 5.02 Å². The summed E-state index contributed by atoms with van der Waals surface area (Å²) in [5, 5.41) is 4.53. The zero-order valence-corrected chi connectivity index (χ0v) is 13.1. The monoisotopic (exact) mass is 302 g/mol. The Labute approximate surface area is 123 Å². The molecule has 1 heterocycles. The zero-order valence-electron chi connectivity index (χ0n) is 11.6. The lowest BCUT2D eigenvalue weighted by Gasteiger charge is -2.29. The van der Waals surface area contributed by atoms with Crippen molar-refractivity contribution in [2.24, 2.45) is 0 Å². The molecule has 0 aromatic carbocycles. The zero-order chi connectivity index (χ0) is 14.5. The number of thioether (sulfide) groups is 1. The highest BCUT2D eigenvalue weighted by Gasteiger charge is 2.35. The molecule has 19 heavy (non-hydrogen) atoms. The lowest BCUT2D eigenvalue weighted by molar-refractivity contribution is -0.147. The number of aromatic nitrogens is 1. The lowest BCUT2D eigenvalue weighted by Crippen LogP contribution is -2.54. The van der Waals surface area contributed by atoms with E-state index in [1.165, 1.54) is 18.9 Å². The van der Waals surface area contributed by atoms with Crippen LogP contribution < -0.4 is 5.32 Å². The van der Waals surface area contributed by atoms with Crippen molar-refractivity contribution in [2.75, 3.05) is 12.9 Å². The number of rotatable bonds is 6. The summed E-state index contributed by atoms with van der Waals surface area (Å²) in [5.41, 5.74) is -0.769. The van der Waals surface area contributed by atoms with Crippen molar-refractivity contribution in [3.05, 3.63) is 23.4 Å². The van der Waals surface area contributed by atoms with Crippen LogP contribution in [0.3, 0.4) is 0 Å². The second kappa shape index (κ2) is 7.12. The number of hydrogen-bond acceptors (Lipinski definition) is 5. The molecule has 106 valence electrons. The van der Waals surface area contributed by atoms with Crippen LogP contribution in [0.5, 0.6) is 0 Å². The minimum absolute atomic E-state index is 0.170. The summed E-state index contributed by atoms with van der Waals surface area (Å²) in [6.45, 7) is 5.79. The molecule has 0 aliphatic rings. The van der Waals surface area contributed by atoms with Gasteiger partial charge < -0.3 is 4.74 Å². The number of methoxy groups -OCH3 is 1. The predicted molar refractivity (Wildman–Crippen MR) is 78.7 cm³/mol. The Morgan fingerprint density at radius 2 is 2.32 bits per heavy atom. The molecule has 1 aromatic rings. The van der Waals surface area contributed by atoms with Gasteiger partial charge in [0.2, 0.25) is 0 Å². The first kappa shape index (κ1) is 16.3. The maximum Gasteiger partial charge on any atom is 0.326 e. The minimum atomic E-state index is -0.769. The standard InChI is InChI=1S/C13H19ClN2O2S/c1-9(2)16-13(3,12(17)18-4)8-19-11-10(14)6-5-7-15-11/h5-7,9,16H,8H2,1-4H3. The van der Waals surface area contributed by atoms with Crippen molar-refractivity contribution in [2.45, 2.75) is 37.4 Å². The summed E-state index contributed by atoms with van der Waals surface area (Å²) < 4.78 is 4.87. The van der Waals surface area contributed by atoms with Crippen molar-refractivity contribution in [1.82, 2.24) is 10.3 Å². The average Bonchev–Trinajstić information content (AvgIpc) is 2.36. The van der Waals surface area contributed by atoms with Crippen molar-refractivity contribution in [3.8, 4) is 0 Å². The van der Waals surface area contributed by atoms with Crippen LogP contribution in [-0.4, -0.2) is 35.4 Å². The van der Waals surface area contributed by atoms with E-state index in [0.29, 0.717) is 15.8 Å². The summed E-state index contributed by atoms with van der Waals surface area (Å²) in [4.78, 5) is 16.1. The third-order valence-corrected chi connectivity index (χ3v) is 4.20. The van der Waals surface area contributed by atoms with Crippen LogP contribution in [-0.2, 0) is 9.53 Å². The van der Waals surface area contributed by atoms with E-state index in [-0.39, 0.29) is 12.0 Å². The Bertz CT molecular complexity index is 442. The van der Waals surface area contributed by atoms with E-state index in [0.717, 1.165) is 0 Å². The van der Waals surface area contributed by atoms with E-state index < -0.39 is 5.54 Å².